The second kappa shape index (κ2) is 10.6. The number of rotatable bonds is 6. The maximum Gasteiger partial charge on any atom is 0.262 e. The molecule has 176 valence electrons. The third-order valence-electron chi connectivity index (χ3n) is 5.68. The van der Waals surface area contributed by atoms with Gasteiger partial charge in [0.1, 0.15) is 5.25 Å². The number of amides is 3. The normalized spacial score (nSPS) is 17.8. The molecule has 0 aliphatic carbocycles. The number of benzene rings is 2. The number of nitrogens with one attached hydrogen (secondary N) is 2. The lowest BCUT2D eigenvalue weighted by Gasteiger charge is -2.27. The van der Waals surface area contributed by atoms with Crippen molar-refractivity contribution in [2.24, 2.45) is 4.99 Å². The number of aliphatic imine (C=N–C) groups is 1. The highest BCUT2D eigenvalue weighted by Gasteiger charge is 2.33. The SMILES string of the molecule is CC(=O)c1cccc(NC(=O)c2ccc(NC(=O)C[C@H]3SC(N4CCCCC4)=NC3=O)cc2)c1. The van der Waals surface area contributed by atoms with Crippen LogP contribution in [-0.4, -0.2) is 51.9 Å². The van der Waals surface area contributed by atoms with Gasteiger partial charge in [0.15, 0.2) is 11.0 Å². The molecule has 0 spiro atoms. The second-order valence-electron chi connectivity index (χ2n) is 8.31. The summed E-state index contributed by atoms with van der Waals surface area (Å²) in [5.74, 6) is -0.946. The molecule has 2 N–H and O–H groups in total. The largest absolute Gasteiger partial charge is 0.351 e. The number of likely N-dealkylation sites (tertiary alicyclic amines) is 1. The lowest BCUT2D eigenvalue weighted by Crippen LogP contribution is -2.33. The summed E-state index contributed by atoms with van der Waals surface area (Å²) in [6.45, 7) is 3.27. The topological polar surface area (TPSA) is 108 Å². The van der Waals surface area contributed by atoms with Crippen molar-refractivity contribution >= 4 is 51.8 Å². The van der Waals surface area contributed by atoms with Gasteiger partial charge in [0.05, 0.1) is 0 Å². The van der Waals surface area contributed by atoms with Crippen LogP contribution in [0.25, 0.3) is 0 Å². The number of Topliss-reactive ketones (excluding diaryl/α,β-unsaturated/α-hetero) is 1. The smallest absolute Gasteiger partial charge is 0.262 e. The molecule has 0 radical (unpaired) electrons. The van der Waals surface area contributed by atoms with Crippen LogP contribution in [0.4, 0.5) is 11.4 Å². The van der Waals surface area contributed by atoms with Gasteiger partial charge in [-0.05, 0) is 62.6 Å². The fraction of sp³-hybridized carbons (Fsp3) is 0.320. The van der Waals surface area contributed by atoms with Crippen molar-refractivity contribution in [3.05, 3.63) is 59.7 Å². The summed E-state index contributed by atoms with van der Waals surface area (Å²) in [7, 11) is 0. The number of ketones is 1. The van der Waals surface area contributed by atoms with Crippen LogP contribution >= 0.6 is 11.8 Å². The number of nitrogens with zero attached hydrogens (tertiary/aromatic N) is 2. The number of anilines is 2. The number of carbonyl (C=O) groups excluding carboxylic acids is 4. The number of carbonyl (C=O) groups is 4. The molecule has 34 heavy (non-hydrogen) atoms. The van der Waals surface area contributed by atoms with E-state index in [4.69, 9.17) is 0 Å². The highest BCUT2D eigenvalue weighted by molar-refractivity contribution is 8.15. The van der Waals surface area contributed by atoms with Crippen LogP contribution in [0.1, 0.15) is 53.3 Å². The van der Waals surface area contributed by atoms with E-state index in [-0.39, 0.29) is 29.9 Å². The predicted octanol–water partition coefficient (Wildman–Crippen LogP) is 3.95. The molecule has 3 amide bonds. The molecule has 2 aromatic rings. The van der Waals surface area contributed by atoms with Gasteiger partial charge >= 0.3 is 0 Å². The third-order valence-corrected chi connectivity index (χ3v) is 6.90. The van der Waals surface area contributed by atoms with Gasteiger partial charge in [0.25, 0.3) is 11.8 Å². The Hall–Kier alpha value is -3.46. The second-order valence-corrected chi connectivity index (χ2v) is 9.48. The van der Waals surface area contributed by atoms with E-state index in [1.54, 1.807) is 48.5 Å². The predicted molar refractivity (Wildman–Crippen MR) is 133 cm³/mol. The van der Waals surface area contributed by atoms with Gasteiger partial charge < -0.3 is 15.5 Å². The Morgan fingerprint density at radius 2 is 1.71 bits per heavy atom. The summed E-state index contributed by atoms with van der Waals surface area (Å²) in [4.78, 5) is 55.1. The Morgan fingerprint density at radius 1 is 0.971 bits per heavy atom. The van der Waals surface area contributed by atoms with Gasteiger partial charge in [-0.15, -0.1) is 0 Å². The summed E-state index contributed by atoms with van der Waals surface area (Å²) < 4.78 is 0. The number of hydrogen-bond acceptors (Lipinski definition) is 6. The standard InChI is InChI=1S/C25H26N4O4S/c1-16(30)18-6-5-7-20(14-18)27-23(32)17-8-10-19(11-9-17)26-22(31)15-21-24(33)28-25(34-21)29-12-3-2-4-13-29/h5-11,14,21H,2-4,12-13,15H2,1H3,(H,26,31)(H,27,32)/t21-/m1/s1. The van der Waals surface area contributed by atoms with Crippen molar-refractivity contribution < 1.29 is 19.2 Å². The van der Waals surface area contributed by atoms with E-state index in [1.807, 2.05) is 0 Å². The zero-order valence-corrected chi connectivity index (χ0v) is 19.7. The van der Waals surface area contributed by atoms with E-state index >= 15 is 0 Å². The molecule has 2 aliphatic rings. The molecular weight excluding hydrogens is 452 g/mol. The molecule has 0 unspecified atom stereocenters. The first-order valence-electron chi connectivity index (χ1n) is 11.3. The van der Waals surface area contributed by atoms with Crippen LogP contribution in [0.15, 0.2) is 53.5 Å². The van der Waals surface area contributed by atoms with Gasteiger partial charge in [-0.2, -0.15) is 4.99 Å². The van der Waals surface area contributed by atoms with Gasteiger partial charge in [0.2, 0.25) is 5.91 Å². The molecule has 4 rings (SSSR count). The number of thioether (sulfide) groups is 1. The number of piperidine rings is 1. The van der Waals surface area contributed by atoms with Crippen molar-refractivity contribution in [3.63, 3.8) is 0 Å². The lowest BCUT2D eigenvalue weighted by atomic mass is 10.1. The quantitative estimate of drug-likeness (QED) is 0.609. The van der Waals surface area contributed by atoms with Crippen LogP contribution in [-0.2, 0) is 9.59 Å². The van der Waals surface area contributed by atoms with Crippen LogP contribution in [0, 0.1) is 0 Å². The number of amidine groups is 1. The lowest BCUT2D eigenvalue weighted by molar-refractivity contribution is -0.121. The van der Waals surface area contributed by atoms with Crippen LogP contribution in [0.3, 0.4) is 0 Å². The molecule has 1 fully saturated rings. The van der Waals surface area contributed by atoms with Gasteiger partial charge in [-0.25, -0.2) is 0 Å². The van der Waals surface area contributed by atoms with Crippen molar-refractivity contribution in [2.75, 3.05) is 23.7 Å². The first kappa shape index (κ1) is 23.7. The first-order chi connectivity index (χ1) is 16.4. The Bertz CT molecular complexity index is 1140. The molecule has 9 heteroatoms. The van der Waals surface area contributed by atoms with Crippen molar-refractivity contribution in [2.45, 2.75) is 37.9 Å². The monoisotopic (exact) mass is 478 g/mol. The van der Waals surface area contributed by atoms with Crippen molar-refractivity contribution in [1.29, 1.82) is 0 Å². The molecule has 2 aromatic carbocycles. The molecule has 8 nitrogen and oxygen atoms in total. The highest BCUT2D eigenvalue weighted by atomic mass is 32.2. The van der Waals surface area contributed by atoms with E-state index in [1.165, 1.54) is 25.1 Å². The molecule has 1 saturated heterocycles. The van der Waals surface area contributed by atoms with Crippen LogP contribution in [0.2, 0.25) is 0 Å². The van der Waals surface area contributed by atoms with E-state index in [2.05, 4.69) is 20.5 Å². The fourth-order valence-corrected chi connectivity index (χ4v) is 4.95. The average Bonchev–Trinajstić information content (AvgIpc) is 3.20. The van der Waals surface area contributed by atoms with Crippen LogP contribution < -0.4 is 10.6 Å². The van der Waals surface area contributed by atoms with E-state index < -0.39 is 5.25 Å². The highest BCUT2D eigenvalue weighted by Crippen LogP contribution is 2.29. The van der Waals surface area contributed by atoms with E-state index in [0.717, 1.165) is 31.1 Å². The molecule has 2 heterocycles. The van der Waals surface area contributed by atoms with Crippen LogP contribution in [0.5, 0.6) is 0 Å². The maximum atomic E-state index is 12.5. The molecule has 2 aliphatic heterocycles. The zero-order chi connectivity index (χ0) is 24.1. The maximum absolute atomic E-state index is 12.5. The Kier molecular flexibility index (Phi) is 7.42. The van der Waals surface area contributed by atoms with E-state index in [0.29, 0.717) is 22.5 Å². The first-order valence-corrected chi connectivity index (χ1v) is 12.1. The minimum atomic E-state index is -0.507. The Morgan fingerprint density at radius 3 is 2.41 bits per heavy atom. The molecule has 0 bridgehead atoms. The molecule has 0 saturated carbocycles. The third kappa shape index (κ3) is 5.91. The van der Waals surface area contributed by atoms with Crippen molar-refractivity contribution in [3.8, 4) is 0 Å². The summed E-state index contributed by atoms with van der Waals surface area (Å²) in [5, 5.41) is 5.77. The summed E-state index contributed by atoms with van der Waals surface area (Å²) in [5.41, 5.74) is 1.99. The summed E-state index contributed by atoms with van der Waals surface area (Å²) in [6, 6.07) is 13.2. The van der Waals surface area contributed by atoms with Crippen molar-refractivity contribution in [1.82, 2.24) is 4.90 Å². The van der Waals surface area contributed by atoms with E-state index in [9.17, 15) is 19.2 Å². The summed E-state index contributed by atoms with van der Waals surface area (Å²) >= 11 is 1.37. The van der Waals surface area contributed by atoms with Gasteiger partial charge in [0, 0.05) is 42.0 Å². The molecular formula is C25H26N4O4S. The Labute approximate surface area is 202 Å². The Balaban J connectivity index is 1.29. The van der Waals surface area contributed by atoms with Gasteiger partial charge in [-0.3, -0.25) is 19.2 Å². The zero-order valence-electron chi connectivity index (χ0n) is 18.9. The minimum absolute atomic E-state index is 0.0407. The molecule has 1 atom stereocenters. The average molecular weight is 479 g/mol. The minimum Gasteiger partial charge on any atom is -0.351 e. The number of hydrogen-bond donors (Lipinski definition) is 2. The fourth-order valence-electron chi connectivity index (χ4n) is 3.83. The molecule has 0 aromatic heterocycles. The van der Waals surface area contributed by atoms with Gasteiger partial charge in [-0.1, -0.05) is 23.9 Å². The summed E-state index contributed by atoms with van der Waals surface area (Å²) in [6.07, 6.45) is 3.43.